The van der Waals surface area contributed by atoms with Crippen LogP contribution < -0.4 is 10.2 Å². The Morgan fingerprint density at radius 1 is 1.21 bits per heavy atom. The number of pyridine rings is 1. The number of carbonyl (C=O) groups excluding carboxylic acids is 2. The summed E-state index contributed by atoms with van der Waals surface area (Å²) in [6.07, 6.45) is 3.50. The summed E-state index contributed by atoms with van der Waals surface area (Å²) in [5.74, 6) is 1.16. The number of likely N-dealkylation sites (tertiary alicyclic amines) is 1. The molecule has 1 atom stereocenters. The molecule has 3 heterocycles. The number of hydrogen-bond donors (Lipinski definition) is 1. The van der Waals surface area contributed by atoms with Gasteiger partial charge in [-0.3, -0.25) is 9.59 Å². The molecular formula is C22H34N4O3. The number of ether oxygens (including phenoxy) is 1. The normalized spacial score (nSPS) is 21.2. The van der Waals surface area contributed by atoms with Gasteiger partial charge in [-0.15, -0.1) is 0 Å². The lowest BCUT2D eigenvalue weighted by Gasteiger charge is -2.35. The van der Waals surface area contributed by atoms with E-state index >= 15 is 0 Å². The Morgan fingerprint density at radius 3 is 2.52 bits per heavy atom. The van der Waals surface area contributed by atoms with E-state index in [1.54, 1.807) is 0 Å². The fourth-order valence-electron chi connectivity index (χ4n) is 3.89. The molecule has 0 aromatic carbocycles. The average Bonchev–Trinajstić information content (AvgIpc) is 2.71. The second-order valence-corrected chi connectivity index (χ2v) is 9.19. The van der Waals surface area contributed by atoms with Crippen LogP contribution in [0.4, 0.5) is 5.82 Å². The lowest BCUT2D eigenvalue weighted by molar-refractivity contribution is -0.142. The van der Waals surface area contributed by atoms with E-state index in [0.717, 1.165) is 43.9 Å². The van der Waals surface area contributed by atoms with Crippen LogP contribution in [0.25, 0.3) is 0 Å². The molecule has 2 aliphatic heterocycles. The molecular weight excluding hydrogens is 368 g/mol. The lowest BCUT2D eigenvalue weighted by atomic mass is 9.90. The zero-order chi connectivity index (χ0) is 21.0. The highest BCUT2D eigenvalue weighted by molar-refractivity contribution is 5.82. The molecule has 0 saturated carbocycles. The molecule has 2 amide bonds. The van der Waals surface area contributed by atoms with Gasteiger partial charge in [-0.2, -0.15) is 0 Å². The largest absolute Gasteiger partial charge is 0.375 e. The number of anilines is 1. The maximum Gasteiger partial charge on any atom is 0.227 e. The fourth-order valence-corrected chi connectivity index (χ4v) is 3.89. The first-order chi connectivity index (χ1) is 13.7. The predicted molar refractivity (Wildman–Crippen MR) is 112 cm³/mol. The van der Waals surface area contributed by atoms with E-state index in [1.807, 2.05) is 44.0 Å². The minimum Gasteiger partial charge on any atom is -0.375 e. The molecule has 1 unspecified atom stereocenters. The number of morpholine rings is 1. The van der Waals surface area contributed by atoms with Crippen LogP contribution in [0.3, 0.4) is 0 Å². The fraction of sp³-hybridized carbons (Fsp3) is 0.682. The number of hydrogen-bond acceptors (Lipinski definition) is 5. The molecule has 29 heavy (non-hydrogen) atoms. The van der Waals surface area contributed by atoms with Crippen molar-refractivity contribution in [3.8, 4) is 0 Å². The van der Waals surface area contributed by atoms with Crippen molar-refractivity contribution in [2.75, 3.05) is 37.7 Å². The Hall–Kier alpha value is -2.15. The third-order valence-corrected chi connectivity index (χ3v) is 5.64. The molecule has 2 fully saturated rings. The van der Waals surface area contributed by atoms with Crippen LogP contribution in [0.15, 0.2) is 18.3 Å². The highest BCUT2D eigenvalue weighted by Gasteiger charge is 2.32. The van der Waals surface area contributed by atoms with Gasteiger partial charge in [-0.1, -0.05) is 26.8 Å². The average molecular weight is 403 g/mol. The Balaban J connectivity index is 1.44. The maximum atomic E-state index is 12.5. The summed E-state index contributed by atoms with van der Waals surface area (Å²) in [4.78, 5) is 33.6. The maximum absolute atomic E-state index is 12.5. The van der Waals surface area contributed by atoms with Gasteiger partial charge in [0.25, 0.3) is 0 Å². The van der Waals surface area contributed by atoms with Gasteiger partial charge in [0.1, 0.15) is 5.82 Å². The molecule has 1 aromatic rings. The zero-order valence-corrected chi connectivity index (χ0v) is 18.1. The van der Waals surface area contributed by atoms with Crippen LogP contribution in [-0.2, 0) is 20.9 Å². The number of rotatable bonds is 4. The SMILES string of the molecule is CC1CN(c2ccc(CNC(=O)C3CCN(C(=O)C(C)(C)C)CC3)cn2)CCO1. The molecule has 1 aromatic heterocycles. The van der Waals surface area contributed by atoms with Gasteiger partial charge in [-0.25, -0.2) is 4.98 Å². The van der Waals surface area contributed by atoms with Crippen LogP contribution >= 0.6 is 0 Å². The standard InChI is InChI=1S/C22H34N4O3/c1-16-15-26(11-12-29-16)19-6-5-17(13-23-19)14-24-20(27)18-7-9-25(10-8-18)21(28)22(2,3)4/h5-6,13,16,18H,7-12,14-15H2,1-4H3,(H,24,27). The summed E-state index contributed by atoms with van der Waals surface area (Å²) >= 11 is 0. The van der Waals surface area contributed by atoms with Crippen molar-refractivity contribution in [1.29, 1.82) is 0 Å². The highest BCUT2D eigenvalue weighted by Crippen LogP contribution is 2.24. The van der Waals surface area contributed by atoms with Crippen molar-refractivity contribution in [2.24, 2.45) is 11.3 Å². The zero-order valence-electron chi connectivity index (χ0n) is 18.1. The van der Waals surface area contributed by atoms with Crippen LogP contribution in [0.2, 0.25) is 0 Å². The monoisotopic (exact) mass is 402 g/mol. The van der Waals surface area contributed by atoms with Crippen LogP contribution in [0.5, 0.6) is 0 Å². The Morgan fingerprint density at radius 2 is 1.93 bits per heavy atom. The van der Waals surface area contributed by atoms with Gasteiger partial charge < -0.3 is 19.9 Å². The molecule has 0 radical (unpaired) electrons. The number of carbonyl (C=O) groups is 2. The molecule has 2 saturated heterocycles. The summed E-state index contributed by atoms with van der Waals surface area (Å²) in [6.45, 7) is 12.1. The number of amides is 2. The summed E-state index contributed by atoms with van der Waals surface area (Å²) in [5, 5.41) is 3.03. The van der Waals surface area contributed by atoms with Gasteiger partial charge in [-0.05, 0) is 31.4 Å². The third kappa shape index (κ3) is 5.69. The van der Waals surface area contributed by atoms with Crippen molar-refractivity contribution in [3.05, 3.63) is 23.9 Å². The summed E-state index contributed by atoms with van der Waals surface area (Å²) < 4.78 is 5.57. The van der Waals surface area contributed by atoms with E-state index in [2.05, 4.69) is 22.1 Å². The van der Waals surface area contributed by atoms with Gasteiger partial charge in [0.15, 0.2) is 0 Å². The van der Waals surface area contributed by atoms with Crippen LogP contribution in [0, 0.1) is 11.3 Å². The van der Waals surface area contributed by atoms with Crippen molar-refractivity contribution in [1.82, 2.24) is 15.2 Å². The van der Waals surface area contributed by atoms with Gasteiger partial charge in [0, 0.05) is 50.3 Å². The van der Waals surface area contributed by atoms with Crippen molar-refractivity contribution in [3.63, 3.8) is 0 Å². The predicted octanol–water partition coefficient (Wildman–Crippen LogP) is 2.21. The Kier molecular flexibility index (Phi) is 6.77. The Labute approximate surface area is 173 Å². The number of aromatic nitrogens is 1. The second-order valence-electron chi connectivity index (χ2n) is 9.19. The van der Waals surface area contributed by atoms with Crippen molar-refractivity contribution < 1.29 is 14.3 Å². The van der Waals surface area contributed by atoms with Gasteiger partial charge in [0.2, 0.25) is 11.8 Å². The van der Waals surface area contributed by atoms with E-state index in [0.29, 0.717) is 19.6 Å². The number of nitrogens with one attached hydrogen (secondary N) is 1. The molecule has 1 N–H and O–H groups in total. The van der Waals surface area contributed by atoms with Crippen LogP contribution in [0.1, 0.15) is 46.1 Å². The van der Waals surface area contributed by atoms with E-state index in [4.69, 9.17) is 4.74 Å². The first-order valence-electron chi connectivity index (χ1n) is 10.6. The topological polar surface area (TPSA) is 74.8 Å². The van der Waals surface area contributed by atoms with Crippen molar-refractivity contribution >= 4 is 17.6 Å². The smallest absolute Gasteiger partial charge is 0.227 e. The van der Waals surface area contributed by atoms with Crippen LogP contribution in [-0.4, -0.2) is 60.6 Å². The number of nitrogens with zero attached hydrogens (tertiary/aromatic N) is 3. The summed E-state index contributed by atoms with van der Waals surface area (Å²) in [6, 6.07) is 4.03. The summed E-state index contributed by atoms with van der Waals surface area (Å²) in [7, 11) is 0. The van der Waals surface area contributed by atoms with E-state index in [9.17, 15) is 9.59 Å². The molecule has 3 rings (SSSR count). The molecule has 160 valence electrons. The summed E-state index contributed by atoms with van der Waals surface area (Å²) in [5.41, 5.74) is 0.622. The van der Waals surface area contributed by atoms with Crippen molar-refractivity contribution in [2.45, 2.75) is 53.2 Å². The Bertz CT molecular complexity index is 706. The van der Waals surface area contributed by atoms with E-state index < -0.39 is 0 Å². The third-order valence-electron chi connectivity index (χ3n) is 5.64. The number of piperidine rings is 1. The first kappa shape index (κ1) is 21.6. The second kappa shape index (κ2) is 9.11. The highest BCUT2D eigenvalue weighted by atomic mass is 16.5. The van der Waals surface area contributed by atoms with E-state index in [-0.39, 0.29) is 29.3 Å². The van der Waals surface area contributed by atoms with E-state index in [1.165, 1.54) is 0 Å². The molecule has 7 heteroatoms. The molecule has 0 spiro atoms. The minimum atomic E-state index is -0.368. The van der Waals surface area contributed by atoms with Gasteiger partial charge >= 0.3 is 0 Å². The molecule has 0 bridgehead atoms. The van der Waals surface area contributed by atoms with Gasteiger partial charge in [0.05, 0.1) is 12.7 Å². The molecule has 2 aliphatic rings. The minimum absolute atomic E-state index is 0.0268. The first-order valence-corrected chi connectivity index (χ1v) is 10.6. The quantitative estimate of drug-likeness (QED) is 0.836. The molecule has 7 nitrogen and oxygen atoms in total. The molecule has 0 aliphatic carbocycles. The lowest BCUT2D eigenvalue weighted by Crippen LogP contribution is -2.46.